The van der Waals surface area contributed by atoms with Gasteiger partial charge in [0.2, 0.25) is 0 Å². The summed E-state index contributed by atoms with van der Waals surface area (Å²) >= 11 is 3.46. The molecule has 0 heterocycles. The Labute approximate surface area is 150 Å². The predicted octanol–water partition coefficient (Wildman–Crippen LogP) is 5.86. The van der Waals surface area contributed by atoms with E-state index in [2.05, 4.69) is 35.0 Å². The van der Waals surface area contributed by atoms with Crippen molar-refractivity contribution in [3.05, 3.63) is 101 Å². The second-order valence-corrected chi connectivity index (χ2v) is 6.52. The fourth-order valence-corrected chi connectivity index (χ4v) is 2.98. The van der Waals surface area contributed by atoms with Crippen LogP contribution in [0.2, 0.25) is 0 Å². The van der Waals surface area contributed by atoms with Gasteiger partial charge in [0, 0.05) is 15.7 Å². The second kappa shape index (κ2) is 7.45. The standard InChI is InChI=1S/C21H18BrNO/c1-16(17-8-4-2-5-9-17)23(20-14-12-19(22)13-15-20)21(24)18-10-6-3-7-11-18/h2-16H,1H3/t16-/m1/s1. The summed E-state index contributed by atoms with van der Waals surface area (Å²) in [4.78, 5) is 15.0. The van der Waals surface area contributed by atoms with E-state index in [1.165, 1.54) is 0 Å². The van der Waals surface area contributed by atoms with Crippen LogP contribution in [0.1, 0.15) is 28.9 Å². The van der Waals surface area contributed by atoms with E-state index in [9.17, 15) is 4.79 Å². The molecule has 0 unspecified atom stereocenters. The van der Waals surface area contributed by atoms with Crippen molar-refractivity contribution in [3.8, 4) is 0 Å². The van der Waals surface area contributed by atoms with E-state index in [0.29, 0.717) is 5.56 Å². The van der Waals surface area contributed by atoms with Gasteiger partial charge >= 0.3 is 0 Å². The number of hydrogen-bond donors (Lipinski definition) is 0. The smallest absolute Gasteiger partial charge is 0.258 e. The third-order valence-corrected chi connectivity index (χ3v) is 4.54. The molecule has 0 aliphatic carbocycles. The third kappa shape index (κ3) is 3.57. The molecule has 3 heteroatoms. The summed E-state index contributed by atoms with van der Waals surface area (Å²) in [7, 11) is 0. The number of halogens is 1. The average Bonchev–Trinajstić information content (AvgIpc) is 2.64. The van der Waals surface area contributed by atoms with Gasteiger partial charge in [-0.25, -0.2) is 0 Å². The predicted molar refractivity (Wildman–Crippen MR) is 102 cm³/mol. The quantitative estimate of drug-likeness (QED) is 0.555. The molecule has 3 aromatic rings. The van der Waals surface area contributed by atoms with Crippen molar-refractivity contribution >= 4 is 27.5 Å². The van der Waals surface area contributed by atoms with Gasteiger partial charge < -0.3 is 4.90 Å². The van der Waals surface area contributed by atoms with Crippen molar-refractivity contribution in [1.29, 1.82) is 0 Å². The maximum Gasteiger partial charge on any atom is 0.258 e. The van der Waals surface area contributed by atoms with Crippen LogP contribution in [0.25, 0.3) is 0 Å². The fourth-order valence-electron chi connectivity index (χ4n) is 2.72. The van der Waals surface area contributed by atoms with E-state index in [-0.39, 0.29) is 11.9 Å². The van der Waals surface area contributed by atoms with Gasteiger partial charge in [-0.1, -0.05) is 64.5 Å². The summed E-state index contributed by atoms with van der Waals surface area (Å²) < 4.78 is 0.991. The molecule has 0 spiro atoms. The lowest BCUT2D eigenvalue weighted by molar-refractivity contribution is 0.0978. The summed E-state index contributed by atoms with van der Waals surface area (Å²) in [6.07, 6.45) is 0. The van der Waals surface area contributed by atoms with Crippen LogP contribution in [-0.4, -0.2) is 5.91 Å². The van der Waals surface area contributed by atoms with Gasteiger partial charge in [0.25, 0.3) is 5.91 Å². The van der Waals surface area contributed by atoms with E-state index in [4.69, 9.17) is 0 Å². The van der Waals surface area contributed by atoms with Gasteiger partial charge in [0.05, 0.1) is 6.04 Å². The lowest BCUT2D eigenvalue weighted by atomic mass is 10.0. The Morgan fingerprint density at radius 1 is 0.833 bits per heavy atom. The Balaban J connectivity index is 2.04. The van der Waals surface area contributed by atoms with Crippen LogP contribution in [0.3, 0.4) is 0 Å². The largest absolute Gasteiger partial charge is 0.301 e. The first-order valence-electron chi connectivity index (χ1n) is 7.86. The highest BCUT2D eigenvalue weighted by atomic mass is 79.9. The van der Waals surface area contributed by atoms with Crippen LogP contribution in [-0.2, 0) is 0 Å². The van der Waals surface area contributed by atoms with E-state index in [1.54, 1.807) is 0 Å². The highest BCUT2D eigenvalue weighted by Crippen LogP contribution is 2.29. The molecule has 0 aromatic heterocycles. The number of hydrogen-bond acceptors (Lipinski definition) is 1. The van der Waals surface area contributed by atoms with Gasteiger partial charge in [0.1, 0.15) is 0 Å². The number of carbonyl (C=O) groups excluding carboxylic acids is 1. The zero-order valence-corrected chi connectivity index (χ0v) is 15.0. The molecule has 2 nitrogen and oxygen atoms in total. The SMILES string of the molecule is C[C@H](c1ccccc1)N(C(=O)c1ccccc1)c1ccc(Br)cc1. The minimum Gasteiger partial charge on any atom is -0.301 e. The molecule has 3 aromatic carbocycles. The first-order chi connectivity index (χ1) is 11.7. The molecule has 0 N–H and O–H groups in total. The summed E-state index contributed by atoms with van der Waals surface area (Å²) in [6.45, 7) is 2.05. The first kappa shape index (κ1) is 16.5. The summed E-state index contributed by atoms with van der Waals surface area (Å²) in [6, 6.07) is 27.3. The zero-order chi connectivity index (χ0) is 16.9. The third-order valence-electron chi connectivity index (χ3n) is 4.01. The Hall–Kier alpha value is -2.39. The molecule has 1 atom stereocenters. The maximum atomic E-state index is 13.2. The van der Waals surface area contributed by atoms with Crippen LogP contribution in [0.4, 0.5) is 5.69 Å². The number of rotatable bonds is 4. The van der Waals surface area contributed by atoms with Crippen LogP contribution in [0, 0.1) is 0 Å². The van der Waals surface area contributed by atoms with Gasteiger partial charge in [-0.3, -0.25) is 4.79 Å². The van der Waals surface area contributed by atoms with Crippen molar-refractivity contribution in [1.82, 2.24) is 0 Å². The van der Waals surface area contributed by atoms with Crippen LogP contribution in [0.15, 0.2) is 89.4 Å². The zero-order valence-electron chi connectivity index (χ0n) is 13.4. The first-order valence-corrected chi connectivity index (χ1v) is 8.65. The molecule has 120 valence electrons. The Bertz CT molecular complexity index is 800. The fraction of sp³-hybridized carbons (Fsp3) is 0.0952. The van der Waals surface area contributed by atoms with Gasteiger partial charge in [-0.15, -0.1) is 0 Å². The summed E-state index contributed by atoms with van der Waals surface area (Å²) in [5, 5.41) is 0. The van der Waals surface area contributed by atoms with Crippen LogP contribution >= 0.6 is 15.9 Å². The molecule has 0 bridgehead atoms. The molecular weight excluding hydrogens is 362 g/mol. The van der Waals surface area contributed by atoms with Gasteiger partial charge in [-0.05, 0) is 48.9 Å². The second-order valence-electron chi connectivity index (χ2n) is 5.60. The number of benzene rings is 3. The molecule has 0 radical (unpaired) electrons. The van der Waals surface area contributed by atoms with Crippen molar-refractivity contribution in [2.75, 3.05) is 4.90 Å². The monoisotopic (exact) mass is 379 g/mol. The number of amides is 1. The lowest BCUT2D eigenvalue weighted by Crippen LogP contribution is -2.33. The van der Waals surface area contributed by atoms with Crippen molar-refractivity contribution in [3.63, 3.8) is 0 Å². The van der Waals surface area contributed by atoms with E-state index in [0.717, 1.165) is 15.7 Å². The molecule has 0 aliphatic heterocycles. The Morgan fingerprint density at radius 2 is 1.38 bits per heavy atom. The molecule has 24 heavy (non-hydrogen) atoms. The highest BCUT2D eigenvalue weighted by molar-refractivity contribution is 9.10. The number of nitrogens with zero attached hydrogens (tertiary/aromatic N) is 1. The Morgan fingerprint density at radius 3 is 1.96 bits per heavy atom. The summed E-state index contributed by atoms with van der Waals surface area (Å²) in [5.41, 5.74) is 2.66. The topological polar surface area (TPSA) is 20.3 Å². The number of anilines is 1. The highest BCUT2D eigenvalue weighted by Gasteiger charge is 2.24. The normalized spacial score (nSPS) is 11.8. The van der Waals surface area contributed by atoms with E-state index < -0.39 is 0 Å². The average molecular weight is 380 g/mol. The van der Waals surface area contributed by atoms with E-state index >= 15 is 0 Å². The molecule has 0 saturated heterocycles. The van der Waals surface area contributed by atoms with Gasteiger partial charge in [-0.2, -0.15) is 0 Å². The molecule has 0 fully saturated rings. The minimum absolute atomic E-state index is 0.00530. The molecule has 1 amide bonds. The molecule has 0 saturated carbocycles. The summed E-state index contributed by atoms with van der Waals surface area (Å²) in [5.74, 6) is -0.00530. The van der Waals surface area contributed by atoms with Crippen molar-refractivity contribution in [2.45, 2.75) is 13.0 Å². The minimum atomic E-state index is -0.0694. The van der Waals surface area contributed by atoms with Crippen LogP contribution in [0.5, 0.6) is 0 Å². The lowest BCUT2D eigenvalue weighted by Gasteiger charge is -2.30. The van der Waals surface area contributed by atoms with Gasteiger partial charge in [0.15, 0.2) is 0 Å². The van der Waals surface area contributed by atoms with Crippen LogP contribution < -0.4 is 4.90 Å². The van der Waals surface area contributed by atoms with E-state index in [1.807, 2.05) is 77.7 Å². The maximum absolute atomic E-state index is 13.2. The Kier molecular flexibility index (Phi) is 5.11. The number of carbonyl (C=O) groups is 1. The molecule has 0 aliphatic rings. The van der Waals surface area contributed by atoms with Crippen molar-refractivity contribution < 1.29 is 4.79 Å². The van der Waals surface area contributed by atoms with Crippen molar-refractivity contribution in [2.24, 2.45) is 0 Å². The molecular formula is C21H18BrNO. The molecule has 3 rings (SSSR count).